The predicted molar refractivity (Wildman–Crippen MR) is 87.3 cm³/mol. The van der Waals surface area contributed by atoms with Crippen LogP contribution in [-0.4, -0.2) is 18.1 Å². The second-order valence-electron chi connectivity index (χ2n) is 4.77. The van der Waals surface area contributed by atoms with Gasteiger partial charge in [-0.15, -0.1) is 0 Å². The molecule has 2 aromatic rings. The van der Waals surface area contributed by atoms with Crippen LogP contribution in [0.1, 0.15) is 22.8 Å². The van der Waals surface area contributed by atoms with E-state index in [1.807, 2.05) is 36.4 Å². The van der Waals surface area contributed by atoms with E-state index in [1.165, 1.54) is 6.92 Å². The molecule has 0 aromatic heterocycles. The number of carbonyl (C=O) groups excluding carboxylic acids is 2. The number of nitrogens with one attached hydrogen (secondary N) is 1. The monoisotopic (exact) mass is 361 g/mol. The summed E-state index contributed by atoms with van der Waals surface area (Å²) in [6.07, 6.45) is -0.286. The van der Waals surface area contributed by atoms with Crippen LogP contribution in [0.15, 0.2) is 59.1 Å². The summed E-state index contributed by atoms with van der Waals surface area (Å²) in [6, 6.07) is 16.6. The summed E-state index contributed by atoms with van der Waals surface area (Å²) in [4.78, 5) is 23.5. The van der Waals surface area contributed by atoms with E-state index in [9.17, 15) is 9.59 Å². The molecule has 0 radical (unpaired) electrons. The SMILES string of the molecule is CC(=O)O[C@@H](Cc1ccccc1)NC(=O)c1cccc(Br)c1. The van der Waals surface area contributed by atoms with Gasteiger partial charge in [-0.25, -0.2) is 0 Å². The molecule has 0 aliphatic carbocycles. The van der Waals surface area contributed by atoms with Crippen molar-refractivity contribution in [3.05, 3.63) is 70.2 Å². The van der Waals surface area contributed by atoms with E-state index in [-0.39, 0.29) is 5.91 Å². The number of hydrogen-bond donors (Lipinski definition) is 1. The Morgan fingerprint density at radius 1 is 1.14 bits per heavy atom. The van der Waals surface area contributed by atoms with Crippen LogP contribution in [0.25, 0.3) is 0 Å². The first-order valence-corrected chi connectivity index (χ1v) is 7.61. The van der Waals surface area contributed by atoms with Crippen molar-refractivity contribution in [2.24, 2.45) is 0 Å². The van der Waals surface area contributed by atoms with E-state index in [0.717, 1.165) is 10.0 Å². The second kappa shape index (κ2) is 7.75. The molecule has 22 heavy (non-hydrogen) atoms. The molecule has 1 amide bonds. The molecule has 1 atom stereocenters. The topological polar surface area (TPSA) is 55.4 Å². The van der Waals surface area contributed by atoms with Gasteiger partial charge in [-0.1, -0.05) is 52.3 Å². The first kappa shape index (κ1) is 16.2. The van der Waals surface area contributed by atoms with Gasteiger partial charge in [-0.05, 0) is 23.8 Å². The Morgan fingerprint density at radius 3 is 2.50 bits per heavy atom. The van der Waals surface area contributed by atoms with Crippen LogP contribution in [0.2, 0.25) is 0 Å². The molecule has 114 valence electrons. The first-order valence-electron chi connectivity index (χ1n) is 6.82. The lowest BCUT2D eigenvalue weighted by Crippen LogP contribution is -2.39. The van der Waals surface area contributed by atoms with Gasteiger partial charge in [0, 0.05) is 23.4 Å². The minimum absolute atomic E-state index is 0.288. The Hall–Kier alpha value is -2.14. The van der Waals surface area contributed by atoms with Crippen LogP contribution in [-0.2, 0) is 16.0 Å². The fourth-order valence-electron chi connectivity index (χ4n) is 2.01. The van der Waals surface area contributed by atoms with Crippen LogP contribution < -0.4 is 5.32 Å². The van der Waals surface area contributed by atoms with Crippen molar-refractivity contribution in [2.75, 3.05) is 0 Å². The lowest BCUT2D eigenvalue weighted by molar-refractivity contribution is -0.147. The standard InChI is InChI=1S/C17H16BrNO3/c1-12(20)22-16(10-13-6-3-2-4-7-13)19-17(21)14-8-5-9-15(18)11-14/h2-9,11,16H,10H2,1H3,(H,19,21)/t16-/m0/s1. The predicted octanol–water partition coefficient (Wildman–Crippen LogP) is 3.31. The Morgan fingerprint density at radius 2 is 1.86 bits per heavy atom. The largest absolute Gasteiger partial charge is 0.442 e. The van der Waals surface area contributed by atoms with Crippen LogP contribution >= 0.6 is 15.9 Å². The quantitative estimate of drug-likeness (QED) is 0.656. The Labute approximate surface area is 137 Å². The number of amides is 1. The Bertz CT molecular complexity index is 658. The third-order valence-corrected chi connectivity index (χ3v) is 3.44. The smallest absolute Gasteiger partial charge is 0.304 e. The molecule has 0 fully saturated rings. The van der Waals surface area contributed by atoms with E-state index < -0.39 is 12.2 Å². The van der Waals surface area contributed by atoms with Crippen molar-refractivity contribution < 1.29 is 14.3 Å². The first-order chi connectivity index (χ1) is 10.5. The molecule has 2 aromatic carbocycles. The number of ether oxygens (including phenoxy) is 1. The summed E-state index contributed by atoms with van der Waals surface area (Å²) in [6.45, 7) is 1.32. The van der Waals surface area contributed by atoms with Crippen LogP contribution in [0.5, 0.6) is 0 Å². The molecular weight excluding hydrogens is 346 g/mol. The lowest BCUT2D eigenvalue weighted by Gasteiger charge is -2.18. The van der Waals surface area contributed by atoms with Crippen molar-refractivity contribution >= 4 is 27.8 Å². The molecule has 0 aliphatic heterocycles. The highest BCUT2D eigenvalue weighted by atomic mass is 79.9. The van der Waals surface area contributed by atoms with Crippen molar-refractivity contribution in [3.63, 3.8) is 0 Å². The highest BCUT2D eigenvalue weighted by molar-refractivity contribution is 9.10. The minimum Gasteiger partial charge on any atom is -0.442 e. The number of esters is 1. The molecule has 0 aliphatic rings. The van der Waals surface area contributed by atoms with Gasteiger partial charge in [0.05, 0.1) is 0 Å². The average Bonchev–Trinajstić information content (AvgIpc) is 2.47. The van der Waals surface area contributed by atoms with Crippen molar-refractivity contribution in [1.29, 1.82) is 0 Å². The van der Waals surface area contributed by atoms with Crippen molar-refractivity contribution in [2.45, 2.75) is 19.6 Å². The molecular formula is C17H16BrNO3. The van der Waals surface area contributed by atoms with Crippen LogP contribution in [0, 0.1) is 0 Å². The van der Waals surface area contributed by atoms with E-state index in [4.69, 9.17) is 4.74 Å². The van der Waals surface area contributed by atoms with Crippen LogP contribution in [0.4, 0.5) is 0 Å². The van der Waals surface area contributed by atoms with E-state index in [1.54, 1.807) is 18.2 Å². The zero-order valence-corrected chi connectivity index (χ0v) is 13.7. The summed E-state index contributed by atoms with van der Waals surface area (Å²) >= 11 is 3.33. The summed E-state index contributed by atoms with van der Waals surface area (Å²) < 4.78 is 6.01. The zero-order valence-electron chi connectivity index (χ0n) is 12.1. The van der Waals surface area contributed by atoms with Crippen molar-refractivity contribution in [3.8, 4) is 0 Å². The van der Waals surface area contributed by atoms with Crippen molar-refractivity contribution in [1.82, 2.24) is 5.32 Å². The van der Waals surface area contributed by atoms with E-state index in [2.05, 4.69) is 21.2 Å². The normalized spacial score (nSPS) is 11.5. The minimum atomic E-state index is -0.702. The zero-order chi connectivity index (χ0) is 15.9. The summed E-state index contributed by atoms with van der Waals surface area (Å²) in [5.74, 6) is -0.723. The molecule has 2 rings (SSSR count). The lowest BCUT2D eigenvalue weighted by atomic mass is 10.1. The number of halogens is 1. The van der Waals surface area contributed by atoms with Gasteiger partial charge in [-0.3, -0.25) is 9.59 Å². The molecule has 0 bridgehead atoms. The molecule has 0 unspecified atom stereocenters. The highest BCUT2D eigenvalue weighted by Crippen LogP contribution is 2.12. The number of benzene rings is 2. The Kier molecular flexibility index (Phi) is 5.72. The van der Waals surface area contributed by atoms with Gasteiger partial charge in [0.2, 0.25) is 0 Å². The molecule has 0 saturated heterocycles. The van der Waals surface area contributed by atoms with Gasteiger partial charge >= 0.3 is 5.97 Å². The number of hydrogen-bond acceptors (Lipinski definition) is 3. The van der Waals surface area contributed by atoms with Gasteiger partial charge in [0.15, 0.2) is 6.23 Å². The fourth-order valence-corrected chi connectivity index (χ4v) is 2.41. The van der Waals surface area contributed by atoms with E-state index in [0.29, 0.717) is 12.0 Å². The molecule has 0 saturated carbocycles. The van der Waals surface area contributed by atoms with Gasteiger partial charge < -0.3 is 10.1 Å². The van der Waals surface area contributed by atoms with Gasteiger partial charge in [-0.2, -0.15) is 0 Å². The third kappa shape index (κ3) is 5.00. The Balaban J connectivity index is 2.09. The maximum absolute atomic E-state index is 12.3. The molecule has 0 spiro atoms. The number of rotatable bonds is 5. The molecule has 4 nitrogen and oxygen atoms in total. The fraction of sp³-hybridized carbons (Fsp3) is 0.176. The van der Waals surface area contributed by atoms with E-state index >= 15 is 0 Å². The summed E-state index contributed by atoms with van der Waals surface area (Å²) in [7, 11) is 0. The third-order valence-electron chi connectivity index (χ3n) is 2.95. The molecule has 0 heterocycles. The highest BCUT2D eigenvalue weighted by Gasteiger charge is 2.17. The maximum atomic E-state index is 12.3. The summed E-state index contributed by atoms with van der Waals surface area (Å²) in [5, 5.41) is 2.74. The maximum Gasteiger partial charge on any atom is 0.304 e. The van der Waals surface area contributed by atoms with Gasteiger partial charge in [0.1, 0.15) is 0 Å². The molecule has 5 heteroatoms. The average molecular weight is 362 g/mol. The number of carbonyl (C=O) groups is 2. The van der Waals surface area contributed by atoms with Crippen LogP contribution in [0.3, 0.4) is 0 Å². The van der Waals surface area contributed by atoms with Gasteiger partial charge in [0.25, 0.3) is 5.91 Å². The summed E-state index contributed by atoms with van der Waals surface area (Å²) in [5.41, 5.74) is 1.47. The second-order valence-corrected chi connectivity index (χ2v) is 5.69. The molecule has 1 N–H and O–H groups in total.